The molecular weight excluding hydrogens is 178 g/mol. The zero-order valence-corrected chi connectivity index (χ0v) is 8.73. The van der Waals surface area contributed by atoms with Gasteiger partial charge in [0.05, 0.1) is 5.54 Å². The molecular formula is C10H17N3O. The molecule has 1 aliphatic rings. The van der Waals surface area contributed by atoms with Crippen LogP contribution in [-0.2, 0) is 5.54 Å². The summed E-state index contributed by atoms with van der Waals surface area (Å²) in [5.74, 6) is 0. The Morgan fingerprint density at radius 3 is 2.64 bits per heavy atom. The van der Waals surface area contributed by atoms with E-state index in [1.54, 1.807) is 4.57 Å². The van der Waals surface area contributed by atoms with Crippen LogP contribution in [0.15, 0.2) is 17.2 Å². The molecule has 0 radical (unpaired) electrons. The highest BCUT2D eigenvalue weighted by atomic mass is 16.1. The summed E-state index contributed by atoms with van der Waals surface area (Å²) < 4.78 is 3.54. The number of rotatable bonds is 3. The van der Waals surface area contributed by atoms with Crippen LogP contribution in [0.4, 0.5) is 0 Å². The van der Waals surface area contributed by atoms with Gasteiger partial charge < -0.3 is 5.73 Å². The van der Waals surface area contributed by atoms with Crippen molar-refractivity contribution in [2.24, 2.45) is 5.73 Å². The van der Waals surface area contributed by atoms with E-state index in [2.05, 4.69) is 0 Å². The number of aromatic nitrogens is 2. The molecule has 0 unspecified atom stereocenters. The summed E-state index contributed by atoms with van der Waals surface area (Å²) in [7, 11) is 0. The maximum absolute atomic E-state index is 11.9. The first kappa shape index (κ1) is 9.52. The van der Waals surface area contributed by atoms with E-state index in [0.29, 0.717) is 12.6 Å². The van der Waals surface area contributed by atoms with Gasteiger partial charge >= 0.3 is 5.69 Å². The Morgan fingerprint density at radius 2 is 2.14 bits per heavy atom. The normalized spacial score (nSPS) is 17.4. The Hall–Kier alpha value is -1.03. The number of hydrogen-bond acceptors (Lipinski definition) is 2. The van der Waals surface area contributed by atoms with Crippen molar-refractivity contribution in [2.75, 3.05) is 6.54 Å². The third kappa shape index (κ3) is 1.39. The van der Waals surface area contributed by atoms with Gasteiger partial charge in [0, 0.05) is 25.0 Å². The molecule has 78 valence electrons. The highest BCUT2D eigenvalue weighted by Gasteiger charge is 2.28. The van der Waals surface area contributed by atoms with Gasteiger partial charge in [-0.1, -0.05) is 0 Å². The van der Waals surface area contributed by atoms with Crippen LogP contribution in [-0.4, -0.2) is 15.7 Å². The first-order valence-corrected chi connectivity index (χ1v) is 5.06. The Labute approximate surface area is 83.3 Å². The van der Waals surface area contributed by atoms with Crippen LogP contribution in [0.25, 0.3) is 0 Å². The lowest BCUT2D eigenvalue weighted by Crippen LogP contribution is -2.41. The Balaban J connectivity index is 2.40. The van der Waals surface area contributed by atoms with Gasteiger partial charge in [0.2, 0.25) is 0 Å². The molecule has 0 bridgehead atoms. The quantitative estimate of drug-likeness (QED) is 0.771. The van der Waals surface area contributed by atoms with Crippen molar-refractivity contribution in [2.45, 2.75) is 38.3 Å². The maximum Gasteiger partial charge on any atom is 0.328 e. The lowest BCUT2D eigenvalue weighted by atomic mass is 10.1. The van der Waals surface area contributed by atoms with Crippen molar-refractivity contribution in [3.05, 3.63) is 22.9 Å². The lowest BCUT2D eigenvalue weighted by molar-refractivity contribution is 0.351. The molecule has 0 spiro atoms. The minimum atomic E-state index is -0.281. The van der Waals surface area contributed by atoms with E-state index in [-0.39, 0.29) is 11.2 Å². The van der Waals surface area contributed by atoms with E-state index in [4.69, 9.17) is 5.73 Å². The standard InChI is InChI=1S/C10H17N3O/c1-10(2,7-11)13-6-5-12(9(13)14)8-3-4-8/h5-6,8H,3-4,7,11H2,1-2H3. The highest BCUT2D eigenvalue weighted by molar-refractivity contribution is 4.95. The Kier molecular flexibility index (Phi) is 2.03. The van der Waals surface area contributed by atoms with Crippen molar-refractivity contribution < 1.29 is 0 Å². The van der Waals surface area contributed by atoms with E-state index >= 15 is 0 Å². The molecule has 0 saturated heterocycles. The van der Waals surface area contributed by atoms with Crippen LogP contribution in [0.1, 0.15) is 32.7 Å². The van der Waals surface area contributed by atoms with E-state index in [1.807, 2.05) is 30.8 Å². The van der Waals surface area contributed by atoms with Gasteiger partial charge in [-0.3, -0.25) is 9.13 Å². The minimum absolute atomic E-state index is 0.0722. The monoisotopic (exact) mass is 195 g/mol. The Morgan fingerprint density at radius 1 is 1.50 bits per heavy atom. The molecule has 1 aromatic rings. The molecule has 4 nitrogen and oxygen atoms in total. The van der Waals surface area contributed by atoms with Crippen molar-refractivity contribution in [1.29, 1.82) is 0 Å². The van der Waals surface area contributed by atoms with Crippen LogP contribution in [0.5, 0.6) is 0 Å². The van der Waals surface area contributed by atoms with E-state index < -0.39 is 0 Å². The molecule has 0 atom stereocenters. The van der Waals surface area contributed by atoms with E-state index in [9.17, 15) is 4.79 Å². The molecule has 1 saturated carbocycles. The largest absolute Gasteiger partial charge is 0.328 e. The number of nitrogens with two attached hydrogens (primary N) is 1. The van der Waals surface area contributed by atoms with Crippen molar-refractivity contribution >= 4 is 0 Å². The first-order chi connectivity index (χ1) is 6.56. The van der Waals surface area contributed by atoms with E-state index in [0.717, 1.165) is 12.8 Å². The first-order valence-electron chi connectivity index (χ1n) is 5.06. The maximum atomic E-state index is 11.9. The fraction of sp³-hybridized carbons (Fsp3) is 0.700. The van der Waals surface area contributed by atoms with Crippen LogP contribution < -0.4 is 11.4 Å². The SMILES string of the molecule is CC(C)(CN)n1ccn(C2CC2)c1=O. The molecule has 1 aliphatic carbocycles. The fourth-order valence-electron chi connectivity index (χ4n) is 1.58. The second-order valence-corrected chi connectivity index (χ2v) is 4.61. The molecule has 1 heterocycles. The topological polar surface area (TPSA) is 52.9 Å². The van der Waals surface area contributed by atoms with Gasteiger partial charge in [0.15, 0.2) is 0 Å². The molecule has 14 heavy (non-hydrogen) atoms. The van der Waals surface area contributed by atoms with Crippen molar-refractivity contribution in [1.82, 2.24) is 9.13 Å². The van der Waals surface area contributed by atoms with Crippen molar-refractivity contribution in [3.8, 4) is 0 Å². The van der Waals surface area contributed by atoms with Crippen LogP contribution in [0.3, 0.4) is 0 Å². The number of imidazole rings is 1. The average Bonchev–Trinajstić information content (AvgIpc) is 2.90. The predicted octanol–water partition coefficient (Wildman–Crippen LogP) is 0.678. The van der Waals surface area contributed by atoms with Crippen molar-refractivity contribution in [3.63, 3.8) is 0 Å². The third-order valence-electron chi connectivity index (χ3n) is 2.90. The molecule has 1 aromatic heterocycles. The second-order valence-electron chi connectivity index (χ2n) is 4.61. The van der Waals surface area contributed by atoms with Gasteiger partial charge in [-0.2, -0.15) is 0 Å². The zero-order valence-electron chi connectivity index (χ0n) is 8.73. The molecule has 4 heteroatoms. The summed E-state index contributed by atoms with van der Waals surface area (Å²) in [4.78, 5) is 11.9. The summed E-state index contributed by atoms with van der Waals surface area (Å²) in [6.45, 7) is 4.43. The lowest BCUT2D eigenvalue weighted by Gasteiger charge is -2.23. The third-order valence-corrected chi connectivity index (χ3v) is 2.90. The highest BCUT2D eigenvalue weighted by Crippen LogP contribution is 2.33. The Bertz CT molecular complexity index is 384. The van der Waals surface area contributed by atoms with Gasteiger partial charge in [-0.25, -0.2) is 4.79 Å². The van der Waals surface area contributed by atoms with Crippen LogP contribution >= 0.6 is 0 Å². The van der Waals surface area contributed by atoms with Gasteiger partial charge in [-0.15, -0.1) is 0 Å². The average molecular weight is 195 g/mol. The fourth-order valence-corrected chi connectivity index (χ4v) is 1.58. The summed E-state index contributed by atoms with van der Waals surface area (Å²) in [6, 6.07) is 0.442. The van der Waals surface area contributed by atoms with E-state index in [1.165, 1.54) is 0 Å². The van der Waals surface area contributed by atoms with Crippen LogP contribution in [0.2, 0.25) is 0 Å². The number of nitrogens with zero attached hydrogens (tertiary/aromatic N) is 2. The predicted molar refractivity (Wildman–Crippen MR) is 55.3 cm³/mol. The molecule has 0 aromatic carbocycles. The zero-order chi connectivity index (χ0) is 10.3. The minimum Gasteiger partial charge on any atom is -0.328 e. The van der Waals surface area contributed by atoms with Gasteiger partial charge in [0.25, 0.3) is 0 Å². The molecule has 2 N–H and O–H groups in total. The smallest absolute Gasteiger partial charge is 0.328 e. The summed E-state index contributed by atoms with van der Waals surface area (Å²) in [5.41, 5.74) is 5.43. The van der Waals surface area contributed by atoms with Gasteiger partial charge in [-0.05, 0) is 26.7 Å². The number of hydrogen-bond donors (Lipinski definition) is 1. The summed E-state index contributed by atoms with van der Waals surface area (Å²) in [6.07, 6.45) is 5.98. The molecule has 1 fully saturated rings. The molecule has 2 rings (SSSR count). The van der Waals surface area contributed by atoms with Gasteiger partial charge in [0.1, 0.15) is 0 Å². The summed E-state index contributed by atoms with van der Waals surface area (Å²) >= 11 is 0. The van der Waals surface area contributed by atoms with Crippen LogP contribution in [0, 0.1) is 0 Å². The summed E-state index contributed by atoms with van der Waals surface area (Å²) in [5, 5.41) is 0. The molecule has 0 aliphatic heterocycles. The molecule has 0 amide bonds. The second kappa shape index (κ2) is 2.98.